The van der Waals surface area contributed by atoms with Gasteiger partial charge in [-0.25, -0.2) is 0 Å². The topological polar surface area (TPSA) is 16.4 Å². The van der Waals surface area contributed by atoms with Gasteiger partial charge in [0.15, 0.2) is 5.75 Å². The molecule has 1 aliphatic rings. The molecule has 0 atom stereocenters. The van der Waals surface area contributed by atoms with Crippen molar-refractivity contribution >= 4 is 38.9 Å². The number of hydrogen-bond acceptors (Lipinski definition) is 3. The van der Waals surface area contributed by atoms with Crippen LogP contribution in [0.15, 0.2) is 90.8 Å². The Balaban J connectivity index is 1.63. The van der Waals surface area contributed by atoms with Crippen molar-refractivity contribution in [2.45, 2.75) is 0 Å². The average Bonchev–Trinajstić information content (AvgIpc) is 3.25. The number of fused-ring (bicyclic) bond motifs is 2. The summed E-state index contributed by atoms with van der Waals surface area (Å²) in [5, 5.41) is 1.19. The zero-order chi connectivity index (χ0) is 19.8. The standard InChI is InChI=1S/C25H21N2OS/c1-26-20-12-6-8-14-22(20)28-24(26)16-19(18-10-4-3-5-11-18)17-25-27(2)21-13-7-9-15-23(21)29-25/h3-17H,1-2H3/q+1. The van der Waals surface area contributed by atoms with Crippen LogP contribution in [0, 0.1) is 0 Å². The molecule has 0 N–H and O–H groups in total. The van der Waals surface area contributed by atoms with Crippen molar-refractivity contribution in [1.29, 1.82) is 0 Å². The fourth-order valence-electron chi connectivity index (χ4n) is 3.60. The number of allylic oxidation sites excluding steroid dienone is 2. The molecule has 3 nitrogen and oxygen atoms in total. The largest absolute Gasteiger partial charge is 0.439 e. The van der Waals surface area contributed by atoms with E-state index in [1.54, 1.807) is 11.3 Å². The molecule has 0 saturated heterocycles. The minimum atomic E-state index is 0.824. The summed E-state index contributed by atoms with van der Waals surface area (Å²) in [6.07, 6.45) is 4.37. The van der Waals surface area contributed by atoms with Crippen LogP contribution < -0.4 is 14.2 Å². The summed E-state index contributed by atoms with van der Waals surface area (Å²) in [5.41, 5.74) is 4.59. The monoisotopic (exact) mass is 397 g/mol. The maximum absolute atomic E-state index is 6.14. The van der Waals surface area contributed by atoms with E-state index in [4.69, 9.17) is 4.74 Å². The number of nitrogens with zero attached hydrogens (tertiary/aromatic N) is 2. The fraction of sp³-hybridized carbons (Fsp3) is 0.0800. The van der Waals surface area contributed by atoms with Gasteiger partial charge in [-0.05, 0) is 29.3 Å². The van der Waals surface area contributed by atoms with Gasteiger partial charge in [0.1, 0.15) is 11.7 Å². The molecule has 5 rings (SSSR count). The highest BCUT2D eigenvalue weighted by atomic mass is 32.1. The molecule has 0 bridgehead atoms. The number of benzene rings is 3. The molecule has 0 unspecified atom stereocenters. The predicted octanol–water partition coefficient (Wildman–Crippen LogP) is 5.64. The molecule has 0 saturated carbocycles. The van der Waals surface area contributed by atoms with E-state index in [2.05, 4.69) is 83.3 Å². The molecule has 0 fully saturated rings. The van der Waals surface area contributed by atoms with Crippen LogP contribution in [0.2, 0.25) is 0 Å². The maximum Gasteiger partial charge on any atom is 0.263 e. The van der Waals surface area contributed by atoms with Crippen LogP contribution in [0.3, 0.4) is 0 Å². The van der Waals surface area contributed by atoms with E-state index in [1.165, 1.54) is 15.2 Å². The Labute approximate surface area is 174 Å². The van der Waals surface area contributed by atoms with Crippen molar-refractivity contribution < 1.29 is 9.30 Å². The van der Waals surface area contributed by atoms with E-state index in [0.29, 0.717) is 0 Å². The molecule has 2 heterocycles. The number of anilines is 1. The van der Waals surface area contributed by atoms with Gasteiger partial charge in [0.25, 0.3) is 5.01 Å². The van der Waals surface area contributed by atoms with Crippen molar-refractivity contribution in [2.75, 3.05) is 11.9 Å². The third-order valence-electron chi connectivity index (χ3n) is 5.21. The molecule has 1 aliphatic heterocycles. The Hall–Kier alpha value is -3.37. The van der Waals surface area contributed by atoms with Gasteiger partial charge < -0.3 is 9.64 Å². The van der Waals surface area contributed by atoms with Crippen molar-refractivity contribution in [3.05, 3.63) is 101 Å². The molecule has 4 heteroatoms. The number of para-hydroxylation sites is 3. The van der Waals surface area contributed by atoms with Gasteiger partial charge in [-0.3, -0.25) is 0 Å². The lowest BCUT2D eigenvalue weighted by molar-refractivity contribution is -0.642. The van der Waals surface area contributed by atoms with Gasteiger partial charge in [0.05, 0.1) is 5.69 Å². The van der Waals surface area contributed by atoms with Crippen LogP contribution in [0.25, 0.3) is 21.9 Å². The molecule has 3 aromatic carbocycles. The highest BCUT2D eigenvalue weighted by molar-refractivity contribution is 7.18. The van der Waals surface area contributed by atoms with E-state index in [-0.39, 0.29) is 0 Å². The third kappa shape index (κ3) is 3.22. The van der Waals surface area contributed by atoms with Crippen LogP contribution >= 0.6 is 11.3 Å². The molecule has 0 aliphatic carbocycles. The zero-order valence-electron chi connectivity index (χ0n) is 16.4. The first-order valence-corrected chi connectivity index (χ1v) is 10.4. The van der Waals surface area contributed by atoms with E-state index in [0.717, 1.165) is 28.5 Å². The summed E-state index contributed by atoms with van der Waals surface area (Å²) in [5.74, 6) is 1.71. The molecule has 0 spiro atoms. The van der Waals surface area contributed by atoms with Crippen LogP contribution in [-0.2, 0) is 7.05 Å². The van der Waals surface area contributed by atoms with Gasteiger partial charge in [0.2, 0.25) is 11.4 Å². The van der Waals surface area contributed by atoms with E-state index < -0.39 is 0 Å². The second-order valence-electron chi connectivity index (χ2n) is 7.04. The summed E-state index contributed by atoms with van der Waals surface area (Å²) in [6.45, 7) is 0. The number of hydrogen-bond donors (Lipinski definition) is 0. The van der Waals surface area contributed by atoms with Crippen LogP contribution in [0.1, 0.15) is 10.6 Å². The van der Waals surface area contributed by atoms with E-state index >= 15 is 0 Å². The van der Waals surface area contributed by atoms with Gasteiger partial charge in [-0.15, -0.1) is 0 Å². The molecule has 0 amide bonds. The second kappa shape index (κ2) is 7.22. The van der Waals surface area contributed by atoms with Gasteiger partial charge in [0, 0.05) is 25.3 Å². The Kier molecular flexibility index (Phi) is 4.41. The highest BCUT2D eigenvalue weighted by Crippen LogP contribution is 2.38. The van der Waals surface area contributed by atoms with Gasteiger partial charge in [-0.2, -0.15) is 4.57 Å². The van der Waals surface area contributed by atoms with Gasteiger partial charge >= 0.3 is 0 Å². The fourth-order valence-corrected chi connectivity index (χ4v) is 4.70. The summed E-state index contributed by atoms with van der Waals surface area (Å²) >= 11 is 1.80. The summed E-state index contributed by atoms with van der Waals surface area (Å²) in [7, 11) is 4.16. The molecule has 29 heavy (non-hydrogen) atoms. The Morgan fingerprint density at radius 3 is 2.45 bits per heavy atom. The number of thiazole rings is 1. The first-order chi connectivity index (χ1) is 14.2. The smallest absolute Gasteiger partial charge is 0.263 e. The lowest BCUT2D eigenvalue weighted by Crippen LogP contribution is -2.28. The normalized spacial score (nSPS) is 15.0. The minimum Gasteiger partial charge on any atom is -0.439 e. The molecular formula is C25H21N2OS+. The highest BCUT2D eigenvalue weighted by Gasteiger charge is 2.23. The molecule has 4 aromatic rings. The van der Waals surface area contributed by atoms with Crippen LogP contribution in [0.4, 0.5) is 5.69 Å². The Morgan fingerprint density at radius 2 is 1.66 bits per heavy atom. The van der Waals surface area contributed by atoms with Crippen molar-refractivity contribution in [3.8, 4) is 5.75 Å². The quantitative estimate of drug-likeness (QED) is 0.416. The summed E-state index contributed by atoms with van der Waals surface area (Å²) in [4.78, 5) is 2.09. The maximum atomic E-state index is 6.14. The number of aryl methyl sites for hydroxylation is 1. The van der Waals surface area contributed by atoms with Crippen LogP contribution in [-0.4, -0.2) is 7.05 Å². The molecular weight excluding hydrogens is 376 g/mol. The SMILES string of the molecule is CN1/C(=C\C(=C\c2sc3ccccc3[n+]2C)c2ccccc2)Oc2ccccc21. The first-order valence-electron chi connectivity index (χ1n) is 9.58. The van der Waals surface area contributed by atoms with E-state index in [1.807, 2.05) is 31.3 Å². The lowest BCUT2D eigenvalue weighted by Gasteiger charge is -2.12. The molecule has 0 radical (unpaired) electrons. The third-order valence-corrected chi connectivity index (χ3v) is 6.37. The van der Waals surface area contributed by atoms with Crippen molar-refractivity contribution in [3.63, 3.8) is 0 Å². The van der Waals surface area contributed by atoms with Gasteiger partial charge in [-0.1, -0.05) is 65.9 Å². The Bertz CT molecular complexity index is 1250. The van der Waals surface area contributed by atoms with Crippen molar-refractivity contribution in [1.82, 2.24) is 0 Å². The molecule has 1 aromatic heterocycles. The zero-order valence-corrected chi connectivity index (χ0v) is 17.2. The predicted molar refractivity (Wildman–Crippen MR) is 121 cm³/mol. The average molecular weight is 398 g/mol. The van der Waals surface area contributed by atoms with Crippen LogP contribution in [0.5, 0.6) is 5.75 Å². The minimum absolute atomic E-state index is 0.824. The first kappa shape index (κ1) is 17.7. The number of rotatable bonds is 3. The Morgan fingerprint density at radius 1 is 0.931 bits per heavy atom. The van der Waals surface area contributed by atoms with E-state index in [9.17, 15) is 0 Å². The summed E-state index contributed by atoms with van der Waals surface area (Å²) < 4.78 is 9.67. The molecule has 142 valence electrons. The lowest BCUT2D eigenvalue weighted by atomic mass is 10.1. The second-order valence-corrected chi connectivity index (χ2v) is 8.11. The summed E-state index contributed by atoms with van der Waals surface area (Å²) in [6, 6.07) is 27.1. The van der Waals surface area contributed by atoms with Crippen molar-refractivity contribution in [2.24, 2.45) is 7.05 Å². The number of aromatic nitrogens is 1. The number of ether oxygens (including phenoxy) is 1.